The van der Waals surface area contributed by atoms with E-state index in [0.29, 0.717) is 15.9 Å². The Labute approximate surface area is 262 Å². The fourth-order valence-electron chi connectivity index (χ4n) is 3.09. The molecule has 0 aliphatic rings. The number of carbonyl (C=O) groups excluding carboxylic acids is 1. The van der Waals surface area contributed by atoms with Crippen LogP contribution in [-0.4, -0.2) is 49.8 Å². The molecule has 0 unspecified atom stereocenters. The van der Waals surface area contributed by atoms with Gasteiger partial charge in [0.05, 0.1) is 20.4 Å². The van der Waals surface area contributed by atoms with Crippen molar-refractivity contribution < 1.29 is 77.6 Å². The first-order valence-corrected chi connectivity index (χ1v) is 16.4. The molecule has 0 saturated heterocycles. The van der Waals surface area contributed by atoms with Crippen LogP contribution in [0.2, 0.25) is 0 Å². The van der Waals surface area contributed by atoms with Crippen molar-refractivity contribution in [1.29, 1.82) is 0 Å². The Balaban J connectivity index is 0. The van der Waals surface area contributed by atoms with Gasteiger partial charge in [0.25, 0.3) is 30.4 Å². The molecule has 0 spiro atoms. The van der Waals surface area contributed by atoms with E-state index in [-0.39, 0.29) is 31.0 Å². The van der Waals surface area contributed by atoms with E-state index in [4.69, 9.17) is 14.4 Å². The molecule has 0 heterocycles. The average molecular weight is 762 g/mol. The van der Waals surface area contributed by atoms with Gasteiger partial charge in [-0.3, -0.25) is 18.5 Å². The number of rotatable bonds is 7. The minimum Gasteiger partial charge on any atom is 0 e. The number of ketones is 1. The molecule has 0 aliphatic heterocycles. The summed E-state index contributed by atoms with van der Waals surface area (Å²) in [5.74, 6) is -0.0625. The predicted molar refractivity (Wildman–Crippen MR) is 150 cm³/mol. The maximum atomic E-state index is 11.6. The maximum absolute atomic E-state index is 11.6. The van der Waals surface area contributed by atoms with Crippen molar-refractivity contribution >= 4 is 60.0 Å². The van der Waals surface area contributed by atoms with E-state index < -0.39 is 53.0 Å². The molecular weight excluding hydrogens is 738 g/mol. The molecule has 3 aromatic rings. The van der Waals surface area contributed by atoms with Gasteiger partial charge < -0.3 is 5.11 Å². The van der Waals surface area contributed by atoms with Crippen molar-refractivity contribution in [1.82, 2.24) is 0 Å². The van der Waals surface area contributed by atoms with Crippen molar-refractivity contribution in [2.45, 2.75) is 28.5 Å². The summed E-state index contributed by atoms with van der Waals surface area (Å²) in [5, 5.41) is 9.38. The number of hydrogen-bond donors (Lipinski definition) is 4. The molecule has 0 saturated carbocycles. The predicted octanol–water partition coefficient (Wildman–Crippen LogP) is 2.14. The Morgan fingerprint density at radius 3 is 1.07 bits per heavy atom. The Bertz CT molecular complexity index is 1610. The number of allylic oxidation sites excluding steroid dienone is 2. The molecule has 0 bridgehead atoms. The molecule has 3 aromatic carbocycles. The zero-order valence-electron chi connectivity index (χ0n) is 22.0. The van der Waals surface area contributed by atoms with E-state index in [9.17, 15) is 43.7 Å². The molecule has 0 atom stereocenters. The molecule has 0 fully saturated rings. The van der Waals surface area contributed by atoms with E-state index in [1.165, 1.54) is 74.5 Å². The minimum atomic E-state index is -4.55. The third-order valence-corrected chi connectivity index (χ3v) is 9.47. The zero-order chi connectivity index (χ0) is 32.9. The fourth-order valence-corrected chi connectivity index (χ4v) is 7.34. The van der Waals surface area contributed by atoms with Crippen LogP contribution >= 0.6 is 7.92 Å². The van der Waals surface area contributed by atoms with E-state index in [1.807, 2.05) is 0 Å². The largest absolute Gasteiger partial charge is 0 e. The van der Waals surface area contributed by atoms with E-state index >= 15 is 0 Å². The van der Waals surface area contributed by atoms with Crippen LogP contribution in [0.5, 0.6) is 0 Å². The van der Waals surface area contributed by atoms with Crippen LogP contribution < -0.4 is 15.9 Å². The topological polar surface area (TPSA) is 240 Å². The molecule has 4 N–H and O–H groups in total. The Morgan fingerprint density at radius 2 is 0.907 bits per heavy atom. The van der Waals surface area contributed by atoms with Gasteiger partial charge >= 0.3 is 22.6 Å². The summed E-state index contributed by atoms with van der Waals surface area (Å²) in [4.78, 5) is 8.79. The van der Waals surface area contributed by atoms with E-state index in [2.05, 4.69) is 13.3 Å². The molecule has 0 aliphatic carbocycles. The molecule has 1 radical (unpaired) electrons. The van der Waals surface area contributed by atoms with Crippen molar-refractivity contribution in [3.8, 4) is 0 Å². The summed E-state index contributed by atoms with van der Waals surface area (Å²) in [5.41, 5.74) is 0. The zero-order valence-corrected chi connectivity index (χ0v) is 27.0. The molecule has 0 aromatic heterocycles. The van der Waals surface area contributed by atoms with Crippen molar-refractivity contribution in [3.63, 3.8) is 0 Å². The SMILES string of the molecule is CC(=O)/C=C(/C)O.O=S(=O)(O)c1cccc(P(c2cccc(S(=O)(=O)O)c2)c2cccc(S(=O)(=O)O)c2)c1.[C-]#[O+].[C-]#[O+].[Rh]. The van der Waals surface area contributed by atoms with Crippen LogP contribution in [0.3, 0.4) is 0 Å². The van der Waals surface area contributed by atoms with Crippen molar-refractivity contribution in [2.75, 3.05) is 0 Å². The van der Waals surface area contributed by atoms with Gasteiger partial charge in [0, 0.05) is 25.6 Å². The molecular formula is C25H23O13PRhS3. The van der Waals surface area contributed by atoms with Crippen LogP contribution in [0.25, 0.3) is 0 Å². The minimum absolute atomic E-state index is 0. The summed E-state index contributed by atoms with van der Waals surface area (Å²) in [6.45, 7) is 11.8. The Hall–Kier alpha value is -2.87. The monoisotopic (exact) mass is 761 g/mol. The molecule has 13 nitrogen and oxygen atoms in total. The number of aliphatic hydroxyl groups is 1. The summed E-state index contributed by atoms with van der Waals surface area (Å²) < 4.78 is 113. The first-order valence-electron chi connectivity index (χ1n) is 10.7. The average Bonchev–Trinajstić information content (AvgIpc) is 2.90. The first-order chi connectivity index (χ1) is 19.4. The molecule has 233 valence electrons. The van der Waals surface area contributed by atoms with Crippen LogP contribution in [0.1, 0.15) is 13.8 Å². The molecule has 18 heteroatoms. The third kappa shape index (κ3) is 14.4. The second-order valence-corrected chi connectivity index (χ2v) is 14.1. The second-order valence-electron chi connectivity index (χ2n) is 7.65. The van der Waals surface area contributed by atoms with E-state index in [1.54, 1.807) is 0 Å². The third-order valence-electron chi connectivity index (χ3n) is 4.53. The quantitative estimate of drug-likeness (QED) is 0.0517. The molecule has 0 amide bonds. The first kappa shape index (κ1) is 42.3. The van der Waals surface area contributed by atoms with Crippen molar-refractivity contribution in [3.05, 3.63) is 97.9 Å². The standard InChI is InChI=1S/C18H15O9PS3.C5H8O2.2CO.Rh/c19-29(20,21)16-7-1-4-13(10-16)28(14-5-2-8-17(11-14)30(22,23)24)15-6-3-9-18(12-15)31(25,26)27;1-4(6)3-5(2)7;2*1-2;/h1-12H,(H,19,20,21)(H,22,23,24)(H,25,26,27);3,6H,1-2H3;;;/b;4-3-;;;. The van der Waals surface area contributed by atoms with Gasteiger partial charge in [0.15, 0.2) is 5.78 Å². The number of aliphatic hydroxyl groups excluding tert-OH is 1. The smallest absolute Gasteiger partial charge is 0 e. The molecule has 3 rings (SSSR count). The number of carbonyl (C=O) groups is 1. The number of hydrogen-bond acceptors (Lipinski definition) is 8. The second kappa shape index (κ2) is 18.7. The summed E-state index contributed by atoms with van der Waals surface area (Å²) >= 11 is 0. The maximum Gasteiger partial charge on any atom is 0 e. The Kier molecular flexibility index (Phi) is 18.4. The van der Waals surface area contributed by atoms with Gasteiger partial charge in [0.1, 0.15) is 0 Å². The van der Waals surface area contributed by atoms with Gasteiger partial charge in [0.2, 0.25) is 0 Å². The van der Waals surface area contributed by atoms with Gasteiger partial charge in [-0.25, -0.2) is 0 Å². The summed E-state index contributed by atoms with van der Waals surface area (Å²) in [6.07, 6.45) is 1.17. The van der Waals surface area contributed by atoms with Crippen LogP contribution in [0, 0.1) is 13.3 Å². The summed E-state index contributed by atoms with van der Waals surface area (Å²) in [7, 11) is -15.4. The van der Waals surface area contributed by atoms with Crippen LogP contribution in [-0.2, 0) is 63.9 Å². The summed E-state index contributed by atoms with van der Waals surface area (Å²) in [6, 6.07) is 15.7. The van der Waals surface area contributed by atoms with Gasteiger partial charge in [-0.1, -0.05) is 36.4 Å². The van der Waals surface area contributed by atoms with E-state index in [0.717, 1.165) is 18.2 Å². The van der Waals surface area contributed by atoms with Crippen LogP contribution in [0.4, 0.5) is 0 Å². The van der Waals surface area contributed by atoms with Crippen LogP contribution in [0.15, 0.2) is 99.3 Å². The Morgan fingerprint density at radius 1 is 0.651 bits per heavy atom. The molecule has 43 heavy (non-hydrogen) atoms. The van der Waals surface area contributed by atoms with Gasteiger partial charge in [-0.05, 0) is 74.1 Å². The van der Waals surface area contributed by atoms with Gasteiger partial charge in [-0.15, -0.1) is 0 Å². The number of benzene rings is 3. The normalized spacial score (nSPS) is 11.2. The van der Waals surface area contributed by atoms with Gasteiger partial charge in [-0.2, -0.15) is 25.3 Å². The van der Waals surface area contributed by atoms with Crippen molar-refractivity contribution in [2.24, 2.45) is 0 Å². The fraction of sp³-hybridized carbons (Fsp3) is 0.0800.